The second kappa shape index (κ2) is 6.20. The van der Waals surface area contributed by atoms with Gasteiger partial charge in [-0.2, -0.15) is 8.78 Å². The molecule has 3 aromatic rings. The molecule has 0 unspecified atom stereocenters. The number of ether oxygens (including phenoxy) is 1. The van der Waals surface area contributed by atoms with Crippen LogP contribution in [0.5, 0.6) is 5.75 Å². The zero-order valence-electron chi connectivity index (χ0n) is 12.5. The van der Waals surface area contributed by atoms with E-state index in [1.165, 1.54) is 6.08 Å². The Bertz CT molecular complexity index is 789. The second-order valence-corrected chi connectivity index (χ2v) is 5.14. The predicted molar refractivity (Wildman–Crippen MR) is 83.7 cm³/mol. The molecule has 0 aliphatic rings. The van der Waals surface area contributed by atoms with Crippen molar-refractivity contribution in [1.29, 1.82) is 0 Å². The third-order valence-electron chi connectivity index (χ3n) is 3.27. The molecule has 0 fully saturated rings. The molecule has 0 atom stereocenters. The molecule has 0 bridgehead atoms. The summed E-state index contributed by atoms with van der Waals surface area (Å²) in [6.07, 6.45) is 2.00. The van der Waals surface area contributed by atoms with Gasteiger partial charge >= 0.3 is 5.92 Å². The second-order valence-electron chi connectivity index (χ2n) is 5.14. The Morgan fingerprint density at radius 3 is 2.61 bits per heavy atom. The summed E-state index contributed by atoms with van der Waals surface area (Å²) in [5.41, 5.74) is 1.85. The average molecular weight is 315 g/mol. The highest BCUT2D eigenvalue weighted by atomic mass is 19.3. The van der Waals surface area contributed by atoms with Crippen LogP contribution < -0.4 is 4.74 Å². The number of benzene rings is 2. The number of hydrogen-bond donors (Lipinski definition) is 0. The number of allylic oxidation sites excluding steroid dienone is 1. The van der Waals surface area contributed by atoms with Crippen molar-refractivity contribution in [3.63, 3.8) is 0 Å². The van der Waals surface area contributed by atoms with E-state index in [0.717, 1.165) is 11.6 Å². The predicted octanol–water partition coefficient (Wildman–Crippen LogP) is 4.86. The fourth-order valence-corrected chi connectivity index (χ4v) is 2.06. The first-order chi connectivity index (χ1) is 11.0. The molecule has 1 aromatic heterocycles. The number of hydrogen-bond acceptors (Lipinski definition) is 3. The number of nitrogens with zero attached hydrogens (tertiary/aromatic N) is 1. The molecule has 0 N–H and O–H groups in total. The lowest BCUT2D eigenvalue weighted by Crippen LogP contribution is -2.10. The zero-order valence-corrected chi connectivity index (χ0v) is 12.5. The van der Waals surface area contributed by atoms with Crippen LogP contribution in [0.1, 0.15) is 11.5 Å². The van der Waals surface area contributed by atoms with E-state index >= 15 is 0 Å². The van der Waals surface area contributed by atoms with Gasteiger partial charge in [0.05, 0.1) is 0 Å². The topological polar surface area (TPSA) is 35.3 Å². The molecule has 0 saturated heterocycles. The van der Waals surface area contributed by atoms with E-state index in [2.05, 4.69) is 4.98 Å². The number of para-hydroxylation sites is 2. The average Bonchev–Trinajstić information content (AvgIpc) is 2.98. The van der Waals surface area contributed by atoms with Gasteiger partial charge in [0.15, 0.2) is 5.58 Å². The number of alkyl halides is 2. The van der Waals surface area contributed by atoms with E-state index in [0.29, 0.717) is 16.8 Å². The van der Waals surface area contributed by atoms with Crippen molar-refractivity contribution in [3.8, 4) is 5.75 Å². The zero-order chi connectivity index (χ0) is 16.3. The molecule has 3 nitrogen and oxygen atoms in total. The first kappa shape index (κ1) is 15.2. The SMILES string of the molecule is Cc1ccc(OC/C=C/C(F)(F)c2nc3ccccc3o2)cc1. The van der Waals surface area contributed by atoms with Crippen LogP contribution in [0, 0.1) is 6.92 Å². The van der Waals surface area contributed by atoms with Gasteiger partial charge in [0.2, 0.25) is 0 Å². The van der Waals surface area contributed by atoms with Crippen molar-refractivity contribution in [2.24, 2.45) is 0 Å². The van der Waals surface area contributed by atoms with Crippen molar-refractivity contribution >= 4 is 11.1 Å². The number of aryl methyl sites for hydroxylation is 1. The fraction of sp³-hybridized carbons (Fsp3) is 0.167. The van der Waals surface area contributed by atoms with Crippen molar-refractivity contribution < 1.29 is 17.9 Å². The molecule has 3 rings (SSSR count). The van der Waals surface area contributed by atoms with Gasteiger partial charge in [-0.25, -0.2) is 4.98 Å². The maximum Gasteiger partial charge on any atom is 0.340 e. The van der Waals surface area contributed by atoms with Crippen molar-refractivity contribution in [2.75, 3.05) is 6.61 Å². The molecule has 0 aliphatic heterocycles. The highest BCUT2D eigenvalue weighted by molar-refractivity contribution is 5.72. The van der Waals surface area contributed by atoms with Crippen LogP contribution in [0.4, 0.5) is 8.78 Å². The summed E-state index contributed by atoms with van der Waals surface area (Å²) in [6.45, 7) is 2.00. The van der Waals surface area contributed by atoms with Crippen molar-refractivity contribution in [3.05, 3.63) is 72.1 Å². The van der Waals surface area contributed by atoms with Gasteiger partial charge < -0.3 is 9.15 Å². The Labute approximate surface area is 132 Å². The van der Waals surface area contributed by atoms with E-state index in [1.54, 1.807) is 36.4 Å². The maximum absolute atomic E-state index is 14.1. The third kappa shape index (κ3) is 3.56. The smallest absolute Gasteiger partial charge is 0.340 e. The monoisotopic (exact) mass is 315 g/mol. The number of halogens is 2. The normalized spacial score (nSPS) is 12.1. The van der Waals surface area contributed by atoms with E-state index < -0.39 is 11.8 Å². The highest BCUT2D eigenvalue weighted by Gasteiger charge is 2.34. The van der Waals surface area contributed by atoms with E-state index in [4.69, 9.17) is 9.15 Å². The van der Waals surface area contributed by atoms with Crippen LogP contribution in [0.2, 0.25) is 0 Å². The molecule has 118 valence electrons. The quantitative estimate of drug-likeness (QED) is 0.631. The van der Waals surface area contributed by atoms with Gasteiger partial charge in [0.25, 0.3) is 5.89 Å². The molecule has 0 spiro atoms. The molecule has 23 heavy (non-hydrogen) atoms. The van der Waals surface area contributed by atoms with Gasteiger partial charge in [-0.1, -0.05) is 29.8 Å². The van der Waals surface area contributed by atoms with Gasteiger partial charge in [0.1, 0.15) is 17.9 Å². The standard InChI is InChI=1S/C18H15F2NO2/c1-13-7-9-14(10-8-13)22-12-4-11-18(19,20)17-21-15-5-2-3-6-16(15)23-17/h2-11H,12H2,1H3/b11-4+. The van der Waals surface area contributed by atoms with E-state index in [1.807, 2.05) is 19.1 Å². The third-order valence-corrected chi connectivity index (χ3v) is 3.27. The molecule has 2 aromatic carbocycles. The first-order valence-corrected chi connectivity index (χ1v) is 7.16. The Balaban J connectivity index is 1.66. The molecular weight excluding hydrogens is 300 g/mol. The van der Waals surface area contributed by atoms with Gasteiger partial charge in [-0.3, -0.25) is 0 Å². The van der Waals surface area contributed by atoms with Crippen LogP contribution in [-0.4, -0.2) is 11.6 Å². The van der Waals surface area contributed by atoms with Gasteiger partial charge in [-0.15, -0.1) is 0 Å². The van der Waals surface area contributed by atoms with Gasteiger partial charge in [-0.05, 0) is 43.3 Å². The Kier molecular flexibility index (Phi) is 4.10. The summed E-state index contributed by atoms with van der Waals surface area (Å²) in [4.78, 5) is 3.82. The molecule has 0 saturated carbocycles. The number of fused-ring (bicyclic) bond motifs is 1. The minimum absolute atomic E-state index is 0.0406. The van der Waals surface area contributed by atoms with E-state index in [9.17, 15) is 8.78 Å². The first-order valence-electron chi connectivity index (χ1n) is 7.16. The maximum atomic E-state index is 14.1. The number of aromatic nitrogens is 1. The van der Waals surface area contributed by atoms with Crippen LogP contribution in [0.15, 0.2) is 65.1 Å². The summed E-state index contributed by atoms with van der Waals surface area (Å²) in [5, 5.41) is 0. The highest BCUT2D eigenvalue weighted by Crippen LogP contribution is 2.31. The lowest BCUT2D eigenvalue weighted by atomic mass is 10.2. The minimum atomic E-state index is -3.28. The Morgan fingerprint density at radius 1 is 1.13 bits per heavy atom. The summed E-state index contributed by atoms with van der Waals surface area (Å²) in [6, 6.07) is 14.0. The largest absolute Gasteiger partial charge is 0.490 e. The Morgan fingerprint density at radius 2 is 1.87 bits per heavy atom. The van der Waals surface area contributed by atoms with Crippen molar-refractivity contribution in [2.45, 2.75) is 12.8 Å². The number of oxazole rings is 1. The molecular formula is C18H15F2NO2. The lowest BCUT2D eigenvalue weighted by molar-refractivity contribution is 0.0229. The Hall–Kier alpha value is -2.69. The summed E-state index contributed by atoms with van der Waals surface area (Å²) < 4.78 is 38.6. The van der Waals surface area contributed by atoms with Gasteiger partial charge in [0, 0.05) is 0 Å². The summed E-state index contributed by atoms with van der Waals surface area (Å²) in [5.74, 6) is -3.27. The number of rotatable bonds is 5. The van der Waals surface area contributed by atoms with Crippen LogP contribution in [-0.2, 0) is 5.92 Å². The fourth-order valence-electron chi connectivity index (χ4n) is 2.06. The summed E-state index contributed by atoms with van der Waals surface area (Å²) >= 11 is 0. The van der Waals surface area contributed by atoms with E-state index in [-0.39, 0.29) is 6.61 Å². The molecule has 5 heteroatoms. The summed E-state index contributed by atoms with van der Waals surface area (Å²) in [7, 11) is 0. The molecule has 0 amide bonds. The van der Waals surface area contributed by atoms with Crippen LogP contribution in [0.3, 0.4) is 0 Å². The molecule has 1 heterocycles. The van der Waals surface area contributed by atoms with Crippen molar-refractivity contribution in [1.82, 2.24) is 4.98 Å². The van der Waals surface area contributed by atoms with Crippen LogP contribution >= 0.6 is 0 Å². The lowest BCUT2D eigenvalue weighted by Gasteiger charge is -2.07. The van der Waals surface area contributed by atoms with Crippen LogP contribution in [0.25, 0.3) is 11.1 Å². The minimum Gasteiger partial charge on any atom is -0.490 e. The molecule has 0 radical (unpaired) electrons. The molecule has 0 aliphatic carbocycles.